The van der Waals surface area contributed by atoms with Crippen LogP contribution in [-0.4, -0.2) is 34.0 Å². The zero-order valence-electron chi connectivity index (χ0n) is 14.6. The van der Waals surface area contributed by atoms with Crippen LogP contribution in [-0.2, 0) is 16.6 Å². The van der Waals surface area contributed by atoms with Gasteiger partial charge in [0, 0.05) is 24.4 Å². The van der Waals surface area contributed by atoms with Gasteiger partial charge in [0.05, 0.1) is 0 Å². The Morgan fingerprint density at radius 3 is 2.75 bits per heavy atom. The van der Waals surface area contributed by atoms with Crippen molar-refractivity contribution in [2.45, 2.75) is 40.0 Å². The molecule has 2 fully saturated rings. The molecule has 0 radical (unpaired) electrons. The first-order chi connectivity index (χ1) is 11.3. The molecular weight excluding hydrogens is 308 g/mol. The normalized spacial score (nSPS) is 29.0. The molecule has 2 bridgehead atoms. The van der Waals surface area contributed by atoms with E-state index in [0.29, 0.717) is 11.6 Å². The van der Waals surface area contributed by atoms with Gasteiger partial charge in [-0.25, -0.2) is 10.2 Å². The molecule has 0 aliphatic heterocycles. The van der Waals surface area contributed by atoms with Gasteiger partial charge in [0.15, 0.2) is 6.61 Å². The number of hydrazone groups is 1. The third kappa shape index (κ3) is 2.52. The minimum atomic E-state index is -0.578. The summed E-state index contributed by atoms with van der Waals surface area (Å²) in [6.45, 7) is 6.44. The number of aromatic nitrogens is 2. The van der Waals surface area contributed by atoms with E-state index in [9.17, 15) is 9.59 Å². The van der Waals surface area contributed by atoms with Crippen molar-refractivity contribution in [2.24, 2.45) is 28.9 Å². The molecule has 24 heavy (non-hydrogen) atoms. The van der Waals surface area contributed by atoms with Crippen molar-refractivity contribution in [1.82, 2.24) is 15.2 Å². The molecule has 1 heterocycles. The third-order valence-electron chi connectivity index (χ3n) is 6.19. The highest BCUT2D eigenvalue weighted by Crippen LogP contribution is 2.63. The van der Waals surface area contributed by atoms with Gasteiger partial charge in [-0.3, -0.25) is 9.48 Å². The number of nitrogens with one attached hydrogen (secondary N) is 1. The van der Waals surface area contributed by atoms with Gasteiger partial charge in [-0.1, -0.05) is 20.8 Å². The Morgan fingerprint density at radius 1 is 1.46 bits per heavy atom. The maximum atomic E-state index is 11.9. The smallest absolute Gasteiger partial charge is 0.357 e. The van der Waals surface area contributed by atoms with Crippen molar-refractivity contribution in [3.8, 4) is 0 Å². The molecule has 130 valence electrons. The molecule has 1 amide bonds. The summed E-state index contributed by atoms with van der Waals surface area (Å²) in [4.78, 5) is 23.7. The van der Waals surface area contributed by atoms with Crippen LogP contribution in [0.1, 0.15) is 50.5 Å². The molecule has 2 saturated carbocycles. The fourth-order valence-electron chi connectivity index (χ4n) is 4.04. The Labute approximate surface area is 141 Å². The Balaban J connectivity index is 1.55. The van der Waals surface area contributed by atoms with Gasteiger partial charge in [-0.05, 0) is 36.7 Å². The first-order valence-corrected chi connectivity index (χ1v) is 8.27. The largest absolute Gasteiger partial charge is 0.451 e. The molecule has 0 saturated heterocycles. The van der Waals surface area contributed by atoms with Crippen molar-refractivity contribution < 1.29 is 14.3 Å². The molecule has 2 atom stereocenters. The summed E-state index contributed by atoms with van der Waals surface area (Å²) in [6.07, 6.45) is 4.76. The van der Waals surface area contributed by atoms with Gasteiger partial charge >= 0.3 is 5.97 Å². The number of ether oxygens (including phenoxy) is 1. The fourth-order valence-corrected chi connectivity index (χ4v) is 4.04. The minimum Gasteiger partial charge on any atom is -0.451 e. The zero-order chi connectivity index (χ0) is 17.5. The molecule has 7 nitrogen and oxygen atoms in total. The number of hydrogen-bond donors (Lipinski definition) is 1. The van der Waals surface area contributed by atoms with E-state index in [1.807, 2.05) is 0 Å². The van der Waals surface area contributed by atoms with Gasteiger partial charge in [0.1, 0.15) is 5.69 Å². The van der Waals surface area contributed by atoms with Crippen LogP contribution < -0.4 is 5.43 Å². The SMILES string of the molecule is Cn1nccc1C(=O)OCC(=O)NN=C1CC2CCC1(C)C2(C)C. The minimum absolute atomic E-state index is 0.0380. The molecule has 1 aromatic heterocycles. The van der Waals surface area contributed by atoms with Crippen molar-refractivity contribution >= 4 is 17.6 Å². The van der Waals surface area contributed by atoms with Crippen molar-refractivity contribution in [3.63, 3.8) is 0 Å². The van der Waals surface area contributed by atoms with E-state index >= 15 is 0 Å². The number of rotatable bonds is 4. The van der Waals surface area contributed by atoms with Crippen LogP contribution in [0.2, 0.25) is 0 Å². The Bertz CT molecular complexity index is 706. The zero-order valence-corrected chi connectivity index (χ0v) is 14.6. The lowest BCUT2D eigenvalue weighted by molar-refractivity contribution is -0.124. The second-order valence-corrected chi connectivity index (χ2v) is 7.50. The summed E-state index contributed by atoms with van der Waals surface area (Å²) in [7, 11) is 1.64. The summed E-state index contributed by atoms with van der Waals surface area (Å²) >= 11 is 0. The van der Waals surface area contributed by atoms with E-state index in [-0.39, 0.29) is 17.4 Å². The van der Waals surface area contributed by atoms with Crippen molar-refractivity contribution in [3.05, 3.63) is 18.0 Å². The van der Waals surface area contributed by atoms with Crippen LogP contribution in [0, 0.1) is 16.7 Å². The van der Waals surface area contributed by atoms with E-state index in [1.165, 1.54) is 17.3 Å². The lowest BCUT2D eigenvalue weighted by Gasteiger charge is -2.34. The summed E-state index contributed by atoms with van der Waals surface area (Å²) in [6, 6.07) is 1.54. The molecule has 7 heteroatoms. The quantitative estimate of drug-likeness (QED) is 0.674. The first kappa shape index (κ1) is 16.7. The van der Waals surface area contributed by atoms with Crippen LogP contribution in [0.4, 0.5) is 0 Å². The summed E-state index contributed by atoms with van der Waals surface area (Å²) in [5.41, 5.74) is 4.14. The van der Waals surface area contributed by atoms with Gasteiger partial charge in [-0.2, -0.15) is 10.2 Å². The Kier molecular flexibility index (Phi) is 3.97. The monoisotopic (exact) mass is 332 g/mol. The first-order valence-electron chi connectivity index (χ1n) is 8.27. The van der Waals surface area contributed by atoms with Crippen LogP contribution in [0.5, 0.6) is 0 Å². The highest BCUT2D eigenvalue weighted by Gasteiger charge is 2.59. The number of amides is 1. The number of esters is 1. The van der Waals surface area contributed by atoms with Crippen LogP contribution in [0.15, 0.2) is 17.4 Å². The molecule has 0 spiro atoms. The molecule has 1 aromatic rings. The fraction of sp³-hybridized carbons (Fsp3) is 0.647. The maximum absolute atomic E-state index is 11.9. The van der Waals surface area contributed by atoms with Gasteiger partial charge < -0.3 is 4.74 Å². The number of fused-ring (bicyclic) bond motifs is 2. The number of carbonyl (C=O) groups excluding carboxylic acids is 2. The third-order valence-corrected chi connectivity index (χ3v) is 6.19. The Hall–Kier alpha value is -2.18. The highest BCUT2D eigenvalue weighted by atomic mass is 16.5. The van der Waals surface area contributed by atoms with Crippen LogP contribution in [0.25, 0.3) is 0 Å². The van der Waals surface area contributed by atoms with Crippen LogP contribution in [0.3, 0.4) is 0 Å². The molecule has 0 aromatic carbocycles. The van der Waals surface area contributed by atoms with Crippen molar-refractivity contribution in [2.75, 3.05) is 6.61 Å². The summed E-state index contributed by atoms with van der Waals surface area (Å²) in [5.74, 6) is -0.381. The molecule has 2 unspecified atom stereocenters. The molecule has 3 rings (SSSR count). The van der Waals surface area contributed by atoms with Crippen LogP contribution >= 0.6 is 0 Å². The standard InChI is InChI=1S/C17H24N4O3/c1-16(2)11-5-7-17(16,3)13(9-11)19-20-14(22)10-24-15(23)12-6-8-18-21(12)4/h6,8,11H,5,7,9-10H2,1-4H3,(H,20,22). The number of hydrogen-bond acceptors (Lipinski definition) is 5. The molecular formula is C17H24N4O3. The number of aryl methyl sites for hydroxylation is 1. The number of nitrogens with zero attached hydrogens (tertiary/aromatic N) is 3. The topological polar surface area (TPSA) is 85.6 Å². The number of carbonyl (C=O) groups is 2. The molecule has 1 N–H and O–H groups in total. The summed E-state index contributed by atoms with van der Waals surface area (Å²) < 4.78 is 6.39. The summed E-state index contributed by atoms with van der Waals surface area (Å²) in [5, 5.41) is 8.23. The van der Waals surface area contributed by atoms with E-state index < -0.39 is 11.9 Å². The van der Waals surface area contributed by atoms with E-state index in [0.717, 1.165) is 18.6 Å². The average molecular weight is 332 g/mol. The van der Waals surface area contributed by atoms with Gasteiger partial charge in [0.2, 0.25) is 0 Å². The molecule has 2 aliphatic carbocycles. The van der Waals surface area contributed by atoms with E-state index in [4.69, 9.17) is 4.74 Å². The Morgan fingerprint density at radius 2 is 2.21 bits per heavy atom. The second-order valence-electron chi connectivity index (χ2n) is 7.50. The maximum Gasteiger partial charge on any atom is 0.357 e. The van der Waals surface area contributed by atoms with Gasteiger partial charge in [0.25, 0.3) is 5.91 Å². The average Bonchev–Trinajstić information content (AvgIpc) is 3.11. The molecule has 2 aliphatic rings. The van der Waals surface area contributed by atoms with Gasteiger partial charge in [-0.15, -0.1) is 0 Å². The predicted octanol–water partition coefficient (Wildman–Crippen LogP) is 1.90. The predicted molar refractivity (Wildman–Crippen MR) is 88.3 cm³/mol. The second kappa shape index (κ2) is 5.72. The van der Waals surface area contributed by atoms with Crippen molar-refractivity contribution in [1.29, 1.82) is 0 Å². The highest BCUT2D eigenvalue weighted by molar-refractivity contribution is 5.95. The van der Waals surface area contributed by atoms with E-state index in [2.05, 4.69) is 36.4 Å². The lowest BCUT2D eigenvalue weighted by Crippen LogP contribution is -2.35. The lowest BCUT2D eigenvalue weighted by atomic mass is 9.70. The van der Waals surface area contributed by atoms with E-state index in [1.54, 1.807) is 13.1 Å².